The third kappa shape index (κ3) is 4.76. The molecule has 0 spiro atoms. The number of aromatic nitrogens is 3. The molecule has 0 saturated heterocycles. The molecule has 1 aromatic heterocycles. The molecule has 0 atom stereocenters. The molecular formula is C19H19N5O2. The fraction of sp³-hybridized carbons (Fsp3) is 0.158. The SMILES string of the molecule is Cc1ccc(COc2cccc(C=NNc3nc(=O)[nH]nc3C)c2)cc1. The fourth-order valence-corrected chi connectivity index (χ4v) is 2.20. The summed E-state index contributed by atoms with van der Waals surface area (Å²) in [6.45, 7) is 4.28. The number of aryl methyl sites for hydroxylation is 2. The molecule has 7 nitrogen and oxygen atoms in total. The molecule has 0 bridgehead atoms. The van der Waals surface area contributed by atoms with Gasteiger partial charge in [-0.3, -0.25) is 5.43 Å². The molecule has 3 aromatic rings. The van der Waals surface area contributed by atoms with Gasteiger partial charge in [0.15, 0.2) is 5.82 Å². The van der Waals surface area contributed by atoms with Crippen molar-refractivity contribution in [1.82, 2.24) is 15.2 Å². The lowest BCUT2D eigenvalue weighted by molar-refractivity contribution is 0.306. The van der Waals surface area contributed by atoms with Crippen LogP contribution in [-0.4, -0.2) is 21.4 Å². The zero-order valence-corrected chi connectivity index (χ0v) is 14.6. The minimum absolute atomic E-state index is 0.316. The summed E-state index contributed by atoms with van der Waals surface area (Å²) < 4.78 is 5.82. The summed E-state index contributed by atoms with van der Waals surface area (Å²) in [7, 11) is 0. The van der Waals surface area contributed by atoms with Gasteiger partial charge >= 0.3 is 5.69 Å². The molecule has 0 fully saturated rings. The van der Waals surface area contributed by atoms with Gasteiger partial charge < -0.3 is 4.74 Å². The molecule has 0 amide bonds. The normalized spacial score (nSPS) is 10.8. The van der Waals surface area contributed by atoms with Gasteiger partial charge in [0.25, 0.3) is 0 Å². The first-order valence-corrected chi connectivity index (χ1v) is 8.11. The van der Waals surface area contributed by atoms with E-state index in [-0.39, 0.29) is 0 Å². The minimum Gasteiger partial charge on any atom is -0.489 e. The highest BCUT2D eigenvalue weighted by Crippen LogP contribution is 2.15. The summed E-state index contributed by atoms with van der Waals surface area (Å²) in [6, 6.07) is 15.8. The van der Waals surface area contributed by atoms with Crippen molar-refractivity contribution in [2.24, 2.45) is 5.10 Å². The van der Waals surface area contributed by atoms with Gasteiger partial charge in [0.05, 0.1) is 6.21 Å². The van der Waals surface area contributed by atoms with Crippen LogP contribution in [0, 0.1) is 13.8 Å². The van der Waals surface area contributed by atoms with Crippen LogP contribution in [0.5, 0.6) is 5.75 Å². The first-order chi connectivity index (χ1) is 12.6. The third-order valence-electron chi connectivity index (χ3n) is 3.64. The van der Waals surface area contributed by atoms with Gasteiger partial charge in [0, 0.05) is 0 Å². The number of benzene rings is 2. The topological polar surface area (TPSA) is 92.3 Å². The second-order valence-corrected chi connectivity index (χ2v) is 5.79. The van der Waals surface area contributed by atoms with E-state index in [9.17, 15) is 4.79 Å². The maximum Gasteiger partial charge on any atom is 0.363 e. The largest absolute Gasteiger partial charge is 0.489 e. The van der Waals surface area contributed by atoms with Crippen LogP contribution in [-0.2, 0) is 6.61 Å². The van der Waals surface area contributed by atoms with Crippen LogP contribution in [0.15, 0.2) is 58.4 Å². The van der Waals surface area contributed by atoms with E-state index < -0.39 is 5.69 Å². The lowest BCUT2D eigenvalue weighted by Gasteiger charge is -2.07. The van der Waals surface area contributed by atoms with Gasteiger partial charge in [0.1, 0.15) is 18.1 Å². The number of H-pyrrole nitrogens is 1. The lowest BCUT2D eigenvalue weighted by Crippen LogP contribution is -2.15. The first kappa shape index (κ1) is 17.3. The predicted molar refractivity (Wildman–Crippen MR) is 101 cm³/mol. The minimum atomic E-state index is -0.528. The number of nitrogens with one attached hydrogen (secondary N) is 2. The molecule has 0 unspecified atom stereocenters. The van der Waals surface area contributed by atoms with Crippen LogP contribution < -0.4 is 15.9 Å². The Hall–Kier alpha value is -3.48. The Morgan fingerprint density at radius 2 is 2.00 bits per heavy atom. The van der Waals surface area contributed by atoms with Crippen LogP contribution in [0.25, 0.3) is 0 Å². The van der Waals surface area contributed by atoms with Crippen LogP contribution in [0.2, 0.25) is 0 Å². The van der Waals surface area contributed by atoms with E-state index in [2.05, 4.69) is 56.9 Å². The Morgan fingerprint density at radius 1 is 1.19 bits per heavy atom. The number of ether oxygens (including phenoxy) is 1. The van der Waals surface area contributed by atoms with E-state index in [0.29, 0.717) is 18.1 Å². The van der Waals surface area contributed by atoms with Crippen molar-refractivity contribution in [2.75, 3.05) is 5.43 Å². The van der Waals surface area contributed by atoms with E-state index in [0.717, 1.165) is 16.9 Å². The molecule has 0 aliphatic heterocycles. The Bertz CT molecular complexity index is 964. The molecular weight excluding hydrogens is 330 g/mol. The highest BCUT2D eigenvalue weighted by atomic mass is 16.5. The smallest absolute Gasteiger partial charge is 0.363 e. The number of hydrazone groups is 1. The maximum atomic E-state index is 11.2. The quantitative estimate of drug-likeness (QED) is 0.527. The average Bonchev–Trinajstić information content (AvgIpc) is 2.64. The molecule has 2 N–H and O–H groups in total. The Kier molecular flexibility index (Phi) is 5.38. The summed E-state index contributed by atoms with van der Waals surface area (Å²) in [6.07, 6.45) is 1.63. The van der Waals surface area contributed by atoms with Gasteiger partial charge in [0.2, 0.25) is 0 Å². The zero-order valence-electron chi connectivity index (χ0n) is 14.6. The molecule has 0 aliphatic rings. The van der Waals surface area contributed by atoms with Gasteiger partial charge in [-0.1, -0.05) is 42.0 Å². The number of hydrogen-bond acceptors (Lipinski definition) is 6. The number of rotatable bonds is 6. The van der Waals surface area contributed by atoms with Crippen molar-refractivity contribution in [3.8, 4) is 5.75 Å². The van der Waals surface area contributed by atoms with Gasteiger partial charge in [-0.05, 0) is 37.1 Å². The van der Waals surface area contributed by atoms with Crippen LogP contribution in [0.3, 0.4) is 0 Å². The summed E-state index contributed by atoms with van der Waals surface area (Å²) >= 11 is 0. The van der Waals surface area contributed by atoms with Crippen molar-refractivity contribution in [3.63, 3.8) is 0 Å². The third-order valence-corrected chi connectivity index (χ3v) is 3.64. The molecule has 132 valence electrons. The Balaban J connectivity index is 1.62. The van der Waals surface area contributed by atoms with E-state index in [4.69, 9.17) is 4.74 Å². The number of anilines is 1. The summed E-state index contributed by atoms with van der Waals surface area (Å²) in [5.74, 6) is 1.07. The highest BCUT2D eigenvalue weighted by molar-refractivity contribution is 5.80. The summed E-state index contributed by atoms with van der Waals surface area (Å²) in [5, 5.41) is 10.2. The van der Waals surface area contributed by atoms with Gasteiger partial charge in [-0.15, -0.1) is 0 Å². The van der Waals surface area contributed by atoms with Crippen molar-refractivity contribution in [3.05, 3.63) is 81.4 Å². The summed E-state index contributed by atoms with van der Waals surface area (Å²) in [4.78, 5) is 15.0. The first-order valence-electron chi connectivity index (χ1n) is 8.11. The Labute approximate surface area is 150 Å². The van der Waals surface area contributed by atoms with E-state index in [1.54, 1.807) is 13.1 Å². The second-order valence-electron chi connectivity index (χ2n) is 5.79. The standard InChI is InChI=1S/C19H19N5O2/c1-13-6-8-15(9-7-13)12-26-17-5-3-4-16(10-17)11-20-23-18-14(2)22-24-19(25)21-18/h3-11H,12H2,1-2H3,(H2,21,23,24,25). The molecule has 0 aliphatic carbocycles. The predicted octanol–water partition coefficient (Wildman–Crippen LogP) is 2.81. The molecule has 2 aromatic carbocycles. The molecule has 7 heteroatoms. The zero-order chi connectivity index (χ0) is 18.4. The van der Waals surface area contributed by atoms with Crippen molar-refractivity contribution in [2.45, 2.75) is 20.5 Å². The number of hydrogen-bond donors (Lipinski definition) is 2. The van der Waals surface area contributed by atoms with Crippen molar-refractivity contribution >= 4 is 12.0 Å². The fourth-order valence-electron chi connectivity index (χ4n) is 2.20. The van der Waals surface area contributed by atoms with Crippen molar-refractivity contribution < 1.29 is 4.74 Å². The molecule has 0 saturated carbocycles. The van der Waals surface area contributed by atoms with Gasteiger partial charge in [-0.2, -0.15) is 15.2 Å². The van der Waals surface area contributed by atoms with E-state index in [1.807, 2.05) is 24.3 Å². The maximum absolute atomic E-state index is 11.2. The monoisotopic (exact) mass is 349 g/mol. The van der Waals surface area contributed by atoms with Crippen LogP contribution >= 0.6 is 0 Å². The van der Waals surface area contributed by atoms with E-state index in [1.165, 1.54) is 5.56 Å². The number of aromatic amines is 1. The van der Waals surface area contributed by atoms with Crippen LogP contribution in [0.4, 0.5) is 5.82 Å². The number of nitrogens with zero attached hydrogens (tertiary/aromatic N) is 3. The molecule has 26 heavy (non-hydrogen) atoms. The molecule has 3 rings (SSSR count). The van der Waals surface area contributed by atoms with E-state index >= 15 is 0 Å². The summed E-state index contributed by atoms with van der Waals surface area (Å²) in [5.41, 5.74) is 5.93. The van der Waals surface area contributed by atoms with Crippen LogP contribution in [0.1, 0.15) is 22.4 Å². The lowest BCUT2D eigenvalue weighted by atomic mass is 10.2. The molecule has 0 radical (unpaired) electrons. The van der Waals surface area contributed by atoms with Crippen molar-refractivity contribution in [1.29, 1.82) is 0 Å². The second kappa shape index (κ2) is 8.06. The highest BCUT2D eigenvalue weighted by Gasteiger charge is 2.01. The van der Waals surface area contributed by atoms with Gasteiger partial charge in [-0.25, -0.2) is 9.89 Å². The Morgan fingerprint density at radius 3 is 2.81 bits per heavy atom. The molecule has 1 heterocycles. The average molecular weight is 349 g/mol.